The second kappa shape index (κ2) is 5.16. The molecule has 0 aliphatic rings. The van der Waals surface area contributed by atoms with Crippen LogP contribution in [0.1, 0.15) is 50.2 Å². The van der Waals surface area contributed by atoms with Crippen LogP contribution in [0.25, 0.3) is 0 Å². The molecular formula is C13H20O. The van der Waals surface area contributed by atoms with Crippen LogP contribution in [0, 0.1) is 0 Å². The molecule has 1 heteroatoms. The van der Waals surface area contributed by atoms with Gasteiger partial charge in [-0.25, -0.2) is 0 Å². The van der Waals surface area contributed by atoms with E-state index in [9.17, 15) is 0 Å². The van der Waals surface area contributed by atoms with Gasteiger partial charge in [-0.3, -0.25) is 0 Å². The topological polar surface area (TPSA) is 20.2 Å². The minimum atomic E-state index is 0.271. The standard InChI is InChI=1S/C13H20O/c1-10(2)12-5-4-6-13(9-12)11(3)7-8-14/h4-6,9-11,14H,7-8H2,1-3H3/t11-/m1/s1. The first-order chi connectivity index (χ1) is 6.65. The van der Waals surface area contributed by atoms with Crippen LogP contribution in [-0.2, 0) is 0 Å². The Morgan fingerprint density at radius 2 is 1.79 bits per heavy atom. The zero-order chi connectivity index (χ0) is 10.6. The van der Waals surface area contributed by atoms with Crippen LogP contribution in [0.3, 0.4) is 0 Å². The van der Waals surface area contributed by atoms with Crippen molar-refractivity contribution >= 4 is 0 Å². The molecule has 0 radical (unpaired) electrons. The predicted octanol–water partition coefficient (Wildman–Crippen LogP) is 3.30. The minimum Gasteiger partial charge on any atom is -0.396 e. The highest BCUT2D eigenvalue weighted by molar-refractivity contribution is 5.27. The van der Waals surface area contributed by atoms with Gasteiger partial charge in [-0.15, -0.1) is 0 Å². The first-order valence-corrected chi connectivity index (χ1v) is 5.36. The summed E-state index contributed by atoms with van der Waals surface area (Å²) in [5.74, 6) is 1.04. The third-order valence-electron chi connectivity index (χ3n) is 2.71. The second-order valence-corrected chi connectivity index (χ2v) is 4.24. The lowest BCUT2D eigenvalue weighted by atomic mass is 9.93. The van der Waals surface area contributed by atoms with Crippen molar-refractivity contribution in [2.45, 2.75) is 39.0 Å². The van der Waals surface area contributed by atoms with Crippen LogP contribution in [-0.4, -0.2) is 11.7 Å². The molecule has 1 rings (SSSR count). The van der Waals surface area contributed by atoms with E-state index in [0.717, 1.165) is 6.42 Å². The zero-order valence-corrected chi connectivity index (χ0v) is 9.33. The van der Waals surface area contributed by atoms with Gasteiger partial charge in [0.25, 0.3) is 0 Å². The second-order valence-electron chi connectivity index (χ2n) is 4.24. The summed E-state index contributed by atoms with van der Waals surface area (Å²) in [7, 11) is 0. The fourth-order valence-electron chi connectivity index (χ4n) is 1.58. The van der Waals surface area contributed by atoms with Gasteiger partial charge in [0.05, 0.1) is 0 Å². The Morgan fingerprint density at radius 3 is 2.36 bits per heavy atom. The maximum absolute atomic E-state index is 8.88. The maximum atomic E-state index is 8.88. The lowest BCUT2D eigenvalue weighted by Crippen LogP contribution is -1.98. The highest BCUT2D eigenvalue weighted by Crippen LogP contribution is 2.22. The average Bonchev–Trinajstić information content (AvgIpc) is 2.18. The molecule has 0 aromatic heterocycles. The summed E-state index contributed by atoms with van der Waals surface area (Å²) in [5.41, 5.74) is 2.72. The Kier molecular flexibility index (Phi) is 4.15. The Morgan fingerprint density at radius 1 is 1.14 bits per heavy atom. The first-order valence-electron chi connectivity index (χ1n) is 5.36. The normalized spacial score (nSPS) is 13.2. The molecule has 0 heterocycles. The number of rotatable bonds is 4. The van der Waals surface area contributed by atoms with E-state index in [1.807, 2.05) is 0 Å². The molecule has 0 aliphatic heterocycles. The third-order valence-corrected chi connectivity index (χ3v) is 2.71. The number of hydrogen-bond donors (Lipinski definition) is 1. The molecule has 14 heavy (non-hydrogen) atoms. The lowest BCUT2D eigenvalue weighted by molar-refractivity contribution is 0.278. The largest absolute Gasteiger partial charge is 0.396 e. The van der Waals surface area contributed by atoms with Crippen LogP contribution < -0.4 is 0 Å². The van der Waals surface area contributed by atoms with Crippen molar-refractivity contribution in [3.05, 3.63) is 35.4 Å². The lowest BCUT2D eigenvalue weighted by Gasteiger charge is -2.13. The van der Waals surface area contributed by atoms with Crippen molar-refractivity contribution in [3.63, 3.8) is 0 Å². The third kappa shape index (κ3) is 2.85. The van der Waals surface area contributed by atoms with Gasteiger partial charge in [0.1, 0.15) is 0 Å². The average molecular weight is 192 g/mol. The van der Waals surface area contributed by atoms with E-state index >= 15 is 0 Å². The van der Waals surface area contributed by atoms with Gasteiger partial charge in [0.15, 0.2) is 0 Å². The molecule has 0 amide bonds. The SMILES string of the molecule is CC(C)c1cccc([C@H](C)CCO)c1. The molecule has 78 valence electrons. The highest BCUT2D eigenvalue weighted by Gasteiger charge is 2.06. The summed E-state index contributed by atoms with van der Waals surface area (Å²) < 4.78 is 0. The van der Waals surface area contributed by atoms with Crippen LogP contribution >= 0.6 is 0 Å². The van der Waals surface area contributed by atoms with Gasteiger partial charge in [-0.05, 0) is 29.4 Å². The Balaban J connectivity index is 2.82. The Bertz CT molecular complexity index is 278. The molecule has 0 fully saturated rings. The summed E-state index contributed by atoms with van der Waals surface area (Å²) in [6, 6.07) is 8.68. The molecule has 0 saturated heterocycles. The van der Waals surface area contributed by atoms with Crippen LogP contribution in [0.15, 0.2) is 24.3 Å². The molecule has 0 aliphatic carbocycles. The minimum absolute atomic E-state index is 0.271. The molecule has 0 bridgehead atoms. The predicted molar refractivity (Wildman–Crippen MR) is 60.6 cm³/mol. The van der Waals surface area contributed by atoms with Crippen LogP contribution in [0.4, 0.5) is 0 Å². The van der Waals surface area contributed by atoms with E-state index in [-0.39, 0.29) is 6.61 Å². The van der Waals surface area contributed by atoms with E-state index < -0.39 is 0 Å². The van der Waals surface area contributed by atoms with Gasteiger partial charge in [-0.2, -0.15) is 0 Å². The number of hydrogen-bond acceptors (Lipinski definition) is 1. The van der Waals surface area contributed by atoms with Crippen molar-refractivity contribution in [1.29, 1.82) is 0 Å². The molecular weight excluding hydrogens is 172 g/mol. The monoisotopic (exact) mass is 192 g/mol. The van der Waals surface area contributed by atoms with Gasteiger partial charge < -0.3 is 5.11 Å². The van der Waals surface area contributed by atoms with E-state index in [2.05, 4.69) is 45.0 Å². The summed E-state index contributed by atoms with van der Waals surface area (Å²) >= 11 is 0. The summed E-state index contributed by atoms with van der Waals surface area (Å²) in [5, 5.41) is 8.88. The summed E-state index contributed by atoms with van der Waals surface area (Å²) in [4.78, 5) is 0. The Hall–Kier alpha value is -0.820. The van der Waals surface area contributed by atoms with Crippen molar-refractivity contribution in [2.24, 2.45) is 0 Å². The van der Waals surface area contributed by atoms with Crippen molar-refractivity contribution in [2.75, 3.05) is 6.61 Å². The van der Waals surface area contributed by atoms with E-state index in [4.69, 9.17) is 5.11 Å². The molecule has 0 spiro atoms. The summed E-state index contributed by atoms with van der Waals surface area (Å²) in [6.45, 7) is 6.84. The summed E-state index contributed by atoms with van der Waals surface area (Å²) in [6.07, 6.45) is 0.849. The highest BCUT2D eigenvalue weighted by atomic mass is 16.3. The van der Waals surface area contributed by atoms with Crippen molar-refractivity contribution < 1.29 is 5.11 Å². The van der Waals surface area contributed by atoms with Crippen molar-refractivity contribution in [3.8, 4) is 0 Å². The number of aliphatic hydroxyl groups excluding tert-OH is 1. The number of aliphatic hydroxyl groups is 1. The smallest absolute Gasteiger partial charge is 0.0436 e. The Labute approximate surface area is 86.8 Å². The molecule has 0 saturated carbocycles. The van der Waals surface area contributed by atoms with Gasteiger partial charge in [0, 0.05) is 6.61 Å². The zero-order valence-electron chi connectivity index (χ0n) is 9.33. The van der Waals surface area contributed by atoms with E-state index in [1.165, 1.54) is 11.1 Å². The molecule has 1 aromatic carbocycles. The quantitative estimate of drug-likeness (QED) is 0.776. The molecule has 1 atom stereocenters. The fraction of sp³-hybridized carbons (Fsp3) is 0.538. The van der Waals surface area contributed by atoms with Gasteiger partial charge in [0.2, 0.25) is 0 Å². The molecule has 0 unspecified atom stereocenters. The maximum Gasteiger partial charge on any atom is 0.0436 e. The van der Waals surface area contributed by atoms with E-state index in [1.54, 1.807) is 0 Å². The first kappa shape index (κ1) is 11.3. The van der Waals surface area contributed by atoms with Gasteiger partial charge in [-0.1, -0.05) is 45.0 Å². The fourth-order valence-corrected chi connectivity index (χ4v) is 1.58. The van der Waals surface area contributed by atoms with E-state index in [0.29, 0.717) is 11.8 Å². The molecule has 1 N–H and O–H groups in total. The van der Waals surface area contributed by atoms with Crippen LogP contribution in [0.5, 0.6) is 0 Å². The van der Waals surface area contributed by atoms with Gasteiger partial charge >= 0.3 is 0 Å². The molecule has 1 nitrogen and oxygen atoms in total. The van der Waals surface area contributed by atoms with Crippen molar-refractivity contribution in [1.82, 2.24) is 0 Å². The van der Waals surface area contributed by atoms with Crippen LogP contribution in [0.2, 0.25) is 0 Å². The number of benzene rings is 1. The molecule has 1 aromatic rings.